The van der Waals surface area contributed by atoms with Crippen LogP contribution >= 0.6 is 24.0 Å². The molecule has 1 aliphatic heterocycles. The third-order valence-corrected chi connectivity index (χ3v) is 4.57. The van der Waals surface area contributed by atoms with E-state index in [4.69, 9.17) is 0 Å². The van der Waals surface area contributed by atoms with E-state index in [0.717, 1.165) is 51.5 Å². The van der Waals surface area contributed by atoms with Crippen LogP contribution in [0.2, 0.25) is 0 Å². The molecule has 1 fully saturated rings. The third-order valence-electron chi connectivity index (χ3n) is 4.57. The lowest BCUT2D eigenvalue weighted by Gasteiger charge is -2.36. The zero-order valence-corrected chi connectivity index (χ0v) is 18.5. The summed E-state index contributed by atoms with van der Waals surface area (Å²) < 4.78 is 0. The highest BCUT2D eigenvalue weighted by Gasteiger charge is 2.21. The van der Waals surface area contributed by atoms with Gasteiger partial charge in [-0.05, 0) is 18.6 Å². The number of anilines is 1. The summed E-state index contributed by atoms with van der Waals surface area (Å²) >= 11 is 0. The number of hydrogen-bond donors (Lipinski definition) is 1. The largest absolute Gasteiger partial charge is 0.368 e. The summed E-state index contributed by atoms with van der Waals surface area (Å²) in [5.41, 5.74) is 1.23. The van der Waals surface area contributed by atoms with Gasteiger partial charge in [-0.2, -0.15) is 0 Å². The number of piperazine rings is 1. The molecule has 1 N–H and O–H groups in total. The number of nitrogens with one attached hydrogen (secondary N) is 1. The summed E-state index contributed by atoms with van der Waals surface area (Å²) in [5.74, 6) is 0.919. The van der Waals surface area contributed by atoms with Crippen molar-refractivity contribution < 1.29 is 4.79 Å². The van der Waals surface area contributed by atoms with Crippen LogP contribution in [0.3, 0.4) is 0 Å². The van der Waals surface area contributed by atoms with Crippen LogP contribution in [0.15, 0.2) is 35.3 Å². The number of aliphatic imine (C=N–C) groups is 1. The van der Waals surface area contributed by atoms with E-state index in [-0.39, 0.29) is 29.9 Å². The molecule has 1 aliphatic rings. The van der Waals surface area contributed by atoms with Crippen LogP contribution in [0.5, 0.6) is 0 Å². The number of hydrogen-bond acceptors (Lipinski definition) is 3. The highest BCUT2D eigenvalue weighted by atomic mass is 127. The fourth-order valence-electron chi connectivity index (χ4n) is 3.01. The molecule has 0 aromatic heterocycles. The van der Waals surface area contributed by atoms with Crippen LogP contribution in [0.25, 0.3) is 0 Å². The number of para-hydroxylation sites is 1. The summed E-state index contributed by atoms with van der Waals surface area (Å²) in [7, 11) is 3.77. The van der Waals surface area contributed by atoms with Gasteiger partial charge in [-0.3, -0.25) is 9.79 Å². The second-order valence-corrected chi connectivity index (χ2v) is 6.38. The number of nitrogens with zero attached hydrogens (tertiary/aromatic N) is 4. The average Bonchev–Trinajstić information content (AvgIpc) is 2.67. The maximum absolute atomic E-state index is 12.5. The van der Waals surface area contributed by atoms with Crippen molar-refractivity contribution in [1.82, 2.24) is 15.1 Å². The first-order valence-electron chi connectivity index (χ1n) is 9.15. The van der Waals surface area contributed by atoms with E-state index in [0.29, 0.717) is 6.54 Å². The number of guanidine groups is 1. The Bertz CT molecular complexity index is 558. The second-order valence-electron chi connectivity index (χ2n) is 6.38. The Morgan fingerprint density at radius 2 is 1.85 bits per heavy atom. The van der Waals surface area contributed by atoms with E-state index in [2.05, 4.69) is 51.3 Å². The van der Waals surface area contributed by atoms with Crippen molar-refractivity contribution in [2.75, 3.05) is 58.3 Å². The van der Waals surface area contributed by atoms with Gasteiger partial charge in [0, 0.05) is 52.5 Å². The summed E-state index contributed by atoms with van der Waals surface area (Å²) in [4.78, 5) is 23.1. The molecule has 0 bridgehead atoms. The van der Waals surface area contributed by atoms with Gasteiger partial charge < -0.3 is 20.0 Å². The van der Waals surface area contributed by atoms with Crippen molar-refractivity contribution >= 4 is 41.5 Å². The highest BCUT2D eigenvalue weighted by Crippen LogP contribution is 2.15. The fraction of sp³-hybridized carbons (Fsp3) is 0.579. The lowest BCUT2D eigenvalue weighted by Crippen LogP contribution is -2.52. The number of unbranched alkanes of at least 4 members (excludes halogenated alkanes) is 1. The summed E-state index contributed by atoms with van der Waals surface area (Å²) in [6.45, 7) is 6.69. The Kier molecular flexibility index (Phi) is 10.4. The van der Waals surface area contributed by atoms with Gasteiger partial charge in [-0.15, -0.1) is 24.0 Å². The number of benzene rings is 1. The van der Waals surface area contributed by atoms with E-state index in [1.54, 1.807) is 7.05 Å². The molecule has 1 aromatic carbocycles. The molecule has 26 heavy (non-hydrogen) atoms. The zero-order chi connectivity index (χ0) is 18.1. The lowest BCUT2D eigenvalue weighted by molar-refractivity contribution is -0.130. The third kappa shape index (κ3) is 6.66. The standard InChI is InChI=1S/C19H31N5O.HI/c1-4-5-11-22(3)19(20-2)21-16-18(25)24-14-12-23(13-15-24)17-9-7-6-8-10-17;/h6-10H,4-5,11-16H2,1-3H3,(H,20,21);1H. The first-order chi connectivity index (χ1) is 12.2. The topological polar surface area (TPSA) is 51.2 Å². The van der Waals surface area contributed by atoms with Gasteiger partial charge in [0.2, 0.25) is 5.91 Å². The Balaban J connectivity index is 0.00000338. The fourth-order valence-corrected chi connectivity index (χ4v) is 3.01. The van der Waals surface area contributed by atoms with Gasteiger partial charge in [0.25, 0.3) is 0 Å². The van der Waals surface area contributed by atoms with Crippen LogP contribution in [-0.4, -0.2) is 75.0 Å². The van der Waals surface area contributed by atoms with Crippen molar-refractivity contribution in [3.63, 3.8) is 0 Å². The van der Waals surface area contributed by atoms with Crippen LogP contribution in [0.4, 0.5) is 5.69 Å². The number of amides is 1. The van der Waals surface area contributed by atoms with Gasteiger partial charge in [0.15, 0.2) is 5.96 Å². The molecule has 0 aliphatic carbocycles. The van der Waals surface area contributed by atoms with E-state index < -0.39 is 0 Å². The first-order valence-corrected chi connectivity index (χ1v) is 9.15. The molecule has 0 atom stereocenters. The maximum atomic E-state index is 12.5. The van der Waals surface area contributed by atoms with E-state index in [1.165, 1.54) is 5.69 Å². The average molecular weight is 473 g/mol. The van der Waals surface area contributed by atoms with Gasteiger partial charge in [0.1, 0.15) is 0 Å². The minimum Gasteiger partial charge on any atom is -0.368 e. The van der Waals surface area contributed by atoms with Gasteiger partial charge in [0.05, 0.1) is 6.54 Å². The number of carbonyl (C=O) groups is 1. The Labute approximate surface area is 174 Å². The van der Waals surface area contributed by atoms with Crippen LogP contribution in [0.1, 0.15) is 19.8 Å². The Morgan fingerprint density at radius 1 is 1.19 bits per heavy atom. The SMILES string of the molecule is CCCCN(C)C(=NC)NCC(=O)N1CCN(c2ccccc2)CC1.I. The van der Waals surface area contributed by atoms with E-state index in [9.17, 15) is 4.79 Å². The molecule has 0 saturated carbocycles. The monoisotopic (exact) mass is 473 g/mol. The van der Waals surface area contributed by atoms with Gasteiger partial charge >= 0.3 is 0 Å². The number of rotatable bonds is 6. The Morgan fingerprint density at radius 3 is 2.42 bits per heavy atom. The maximum Gasteiger partial charge on any atom is 0.242 e. The normalized spacial score (nSPS) is 14.7. The molecule has 6 nitrogen and oxygen atoms in total. The molecule has 1 aromatic rings. The molecule has 0 unspecified atom stereocenters. The summed E-state index contributed by atoms with van der Waals surface area (Å²) in [5, 5.41) is 3.19. The minimum atomic E-state index is 0. The van der Waals surface area contributed by atoms with E-state index >= 15 is 0 Å². The predicted octanol–water partition coefficient (Wildman–Crippen LogP) is 2.26. The molecule has 0 spiro atoms. The smallest absolute Gasteiger partial charge is 0.242 e. The van der Waals surface area contributed by atoms with Crippen molar-refractivity contribution in [3.05, 3.63) is 30.3 Å². The predicted molar refractivity (Wildman–Crippen MR) is 120 cm³/mol. The Hall–Kier alpha value is -1.51. The molecular weight excluding hydrogens is 441 g/mol. The van der Waals surface area contributed by atoms with Crippen LogP contribution < -0.4 is 10.2 Å². The lowest BCUT2D eigenvalue weighted by atomic mass is 10.2. The van der Waals surface area contributed by atoms with Crippen LogP contribution in [0, 0.1) is 0 Å². The van der Waals surface area contributed by atoms with Gasteiger partial charge in [-0.25, -0.2) is 0 Å². The molecule has 2 rings (SSSR count). The zero-order valence-electron chi connectivity index (χ0n) is 16.1. The number of carbonyl (C=O) groups excluding carboxylic acids is 1. The number of halogens is 1. The molecule has 146 valence electrons. The van der Waals surface area contributed by atoms with Crippen molar-refractivity contribution in [1.29, 1.82) is 0 Å². The van der Waals surface area contributed by atoms with Crippen molar-refractivity contribution in [3.8, 4) is 0 Å². The van der Waals surface area contributed by atoms with E-state index in [1.807, 2.05) is 18.0 Å². The van der Waals surface area contributed by atoms with Gasteiger partial charge in [-0.1, -0.05) is 31.5 Å². The van der Waals surface area contributed by atoms with Crippen LogP contribution in [-0.2, 0) is 4.79 Å². The molecular formula is C19H32IN5O. The molecule has 1 heterocycles. The summed E-state index contributed by atoms with van der Waals surface area (Å²) in [6, 6.07) is 10.4. The van der Waals surface area contributed by atoms with Crippen molar-refractivity contribution in [2.45, 2.75) is 19.8 Å². The first kappa shape index (κ1) is 22.5. The highest BCUT2D eigenvalue weighted by molar-refractivity contribution is 14.0. The molecule has 1 saturated heterocycles. The quantitative estimate of drug-likeness (QED) is 0.392. The van der Waals surface area contributed by atoms with Crippen molar-refractivity contribution in [2.24, 2.45) is 4.99 Å². The minimum absolute atomic E-state index is 0. The molecule has 1 amide bonds. The second kappa shape index (κ2) is 12.0. The molecule has 7 heteroatoms. The summed E-state index contributed by atoms with van der Waals surface area (Å²) in [6.07, 6.45) is 2.26. The molecule has 0 radical (unpaired) electrons.